The Hall–Kier alpha value is -0.650. The first-order chi connectivity index (χ1) is 7.74. The molecule has 0 aliphatic carbocycles. The standard InChI is InChI=1S/C11H23N3O2/c1-2-3-10(12)11(15)13-4-5-14-6-8-16-9-7-14/h10H,2-9,12H2,1H3,(H,13,15)/t10-/m0/s1. The number of carbonyl (C=O) groups excluding carboxylic acids is 1. The molecular formula is C11H23N3O2. The third-order valence-electron chi connectivity index (χ3n) is 2.77. The third kappa shape index (κ3) is 4.92. The van der Waals surface area contributed by atoms with Gasteiger partial charge in [-0.05, 0) is 6.42 Å². The highest BCUT2D eigenvalue weighted by molar-refractivity contribution is 5.81. The molecule has 1 saturated heterocycles. The van der Waals surface area contributed by atoms with Gasteiger partial charge in [-0.15, -0.1) is 0 Å². The first-order valence-corrected chi connectivity index (χ1v) is 6.07. The van der Waals surface area contributed by atoms with Crippen molar-refractivity contribution < 1.29 is 9.53 Å². The monoisotopic (exact) mass is 229 g/mol. The van der Waals surface area contributed by atoms with Crippen LogP contribution in [0.1, 0.15) is 19.8 Å². The normalized spacial score (nSPS) is 19.4. The van der Waals surface area contributed by atoms with Gasteiger partial charge in [-0.2, -0.15) is 0 Å². The number of hydrogen-bond acceptors (Lipinski definition) is 4. The highest BCUT2D eigenvalue weighted by atomic mass is 16.5. The van der Waals surface area contributed by atoms with E-state index >= 15 is 0 Å². The van der Waals surface area contributed by atoms with E-state index in [0.717, 1.165) is 45.7 Å². The molecule has 1 atom stereocenters. The largest absolute Gasteiger partial charge is 0.379 e. The fourth-order valence-corrected chi connectivity index (χ4v) is 1.74. The zero-order valence-electron chi connectivity index (χ0n) is 10.1. The summed E-state index contributed by atoms with van der Waals surface area (Å²) in [6.07, 6.45) is 1.70. The number of morpholine rings is 1. The van der Waals surface area contributed by atoms with Crippen molar-refractivity contribution in [2.24, 2.45) is 5.73 Å². The van der Waals surface area contributed by atoms with Crippen LogP contribution in [0.25, 0.3) is 0 Å². The van der Waals surface area contributed by atoms with Gasteiger partial charge in [0.05, 0.1) is 19.3 Å². The van der Waals surface area contributed by atoms with Crippen LogP contribution in [0.15, 0.2) is 0 Å². The van der Waals surface area contributed by atoms with Crippen molar-refractivity contribution in [2.45, 2.75) is 25.8 Å². The Morgan fingerprint density at radius 1 is 1.50 bits per heavy atom. The summed E-state index contributed by atoms with van der Waals surface area (Å²) in [5, 5.41) is 2.87. The number of amides is 1. The molecule has 1 rings (SSSR count). The van der Waals surface area contributed by atoms with Gasteiger partial charge in [0, 0.05) is 26.2 Å². The van der Waals surface area contributed by atoms with Crippen molar-refractivity contribution >= 4 is 5.91 Å². The molecule has 94 valence electrons. The first-order valence-electron chi connectivity index (χ1n) is 6.07. The summed E-state index contributed by atoms with van der Waals surface area (Å²) in [6.45, 7) is 7.09. The van der Waals surface area contributed by atoms with Crippen molar-refractivity contribution in [1.29, 1.82) is 0 Å². The molecule has 1 heterocycles. The second-order valence-electron chi connectivity index (χ2n) is 4.14. The first kappa shape index (κ1) is 13.4. The maximum atomic E-state index is 11.5. The van der Waals surface area contributed by atoms with Crippen molar-refractivity contribution in [3.8, 4) is 0 Å². The lowest BCUT2D eigenvalue weighted by molar-refractivity contribution is -0.122. The van der Waals surface area contributed by atoms with Crippen LogP contribution in [0.4, 0.5) is 0 Å². The average Bonchev–Trinajstić information content (AvgIpc) is 2.30. The van der Waals surface area contributed by atoms with Crippen LogP contribution in [0.2, 0.25) is 0 Å². The van der Waals surface area contributed by atoms with Gasteiger partial charge in [0.2, 0.25) is 5.91 Å². The molecule has 1 aliphatic heterocycles. The lowest BCUT2D eigenvalue weighted by atomic mass is 10.2. The molecule has 16 heavy (non-hydrogen) atoms. The minimum atomic E-state index is -0.352. The zero-order chi connectivity index (χ0) is 11.8. The van der Waals surface area contributed by atoms with Crippen LogP contribution >= 0.6 is 0 Å². The van der Waals surface area contributed by atoms with Gasteiger partial charge in [-0.25, -0.2) is 0 Å². The Labute approximate surface area is 97.3 Å². The molecule has 5 nitrogen and oxygen atoms in total. The predicted octanol–water partition coefficient (Wildman–Crippen LogP) is -0.438. The lowest BCUT2D eigenvalue weighted by Gasteiger charge is -2.26. The maximum Gasteiger partial charge on any atom is 0.236 e. The molecule has 1 amide bonds. The summed E-state index contributed by atoms with van der Waals surface area (Å²) in [7, 11) is 0. The predicted molar refractivity (Wildman–Crippen MR) is 63.2 cm³/mol. The summed E-state index contributed by atoms with van der Waals surface area (Å²) in [6, 6.07) is -0.352. The molecule has 0 aromatic heterocycles. The fraction of sp³-hybridized carbons (Fsp3) is 0.909. The molecule has 0 aromatic rings. The number of carbonyl (C=O) groups is 1. The topological polar surface area (TPSA) is 67.6 Å². The molecule has 1 aliphatic rings. The average molecular weight is 229 g/mol. The lowest BCUT2D eigenvalue weighted by Crippen LogP contribution is -2.45. The number of ether oxygens (including phenoxy) is 1. The van der Waals surface area contributed by atoms with Gasteiger partial charge in [-0.3, -0.25) is 9.69 Å². The Kier molecular flexibility index (Phi) is 6.37. The van der Waals surface area contributed by atoms with Crippen LogP contribution in [-0.2, 0) is 9.53 Å². The summed E-state index contributed by atoms with van der Waals surface area (Å²) >= 11 is 0. The van der Waals surface area contributed by atoms with E-state index in [-0.39, 0.29) is 11.9 Å². The Bertz CT molecular complexity index is 205. The maximum absolute atomic E-state index is 11.5. The molecule has 0 unspecified atom stereocenters. The highest BCUT2D eigenvalue weighted by Crippen LogP contribution is 1.96. The molecule has 0 aromatic carbocycles. The van der Waals surface area contributed by atoms with Crippen LogP contribution in [0, 0.1) is 0 Å². The Balaban J connectivity index is 2.07. The van der Waals surface area contributed by atoms with E-state index < -0.39 is 0 Å². The quantitative estimate of drug-likeness (QED) is 0.648. The number of nitrogens with zero attached hydrogens (tertiary/aromatic N) is 1. The Morgan fingerprint density at radius 2 is 2.19 bits per heavy atom. The van der Waals surface area contributed by atoms with Crippen LogP contribution < -0.4 is 11.1 Å². The van der Waals surface area contributed by atoms with E-state index in [2.05, 4.69) is 10.2 Å². The van der Waals surface area contributed by atoms with Gasteiger partial charge in [-0.1, -0.05) is 13.3 Å². The number of nitrogens with two attached hydrogens (primary N) is 1. The summed E-state index contributed by atoms with van der Waals surface area (Å²) in [5.74, 6) is -0.0323. The molecule has 3 N–H and O–H groups in total. The number of rotatable bonds is 6. The molecule has 0 radical (unpaired) electrons. The van der Waals surface area contributed by atoms with Crippen LogP contribution in [0.5, 0.6) is 0 Å². The molecule has 0 bridgehead atoms. The second kappa shape index (κ2) is 7.60. The van der Waals surface area contributed by atoms with E-state index in [1.54, 1.807) is 0 Å². The summed E-state index contributed by atoms with van der Waals surface area (Å²) in [5.41, 5.74) is 5.70. The van der Waals surface area contributed by atoms with E-state index in [1.807, 2.05) is 6.92 Å². The number of nitrogens with one attached hydrogen (secondary N) is 1. The van der Waals surface area contributed by atoms with Crippen molar-refractivity contribution in [1.82, 2.24) is 10.2 Å². The van der Waals surface area contributed by atoms with Gasteiger partial charge >= 0.3 is 0 Å². The van der Waals surface area contributed by atoms with E-state index in [0.29, 0.717) is 6.54 Å². The van der Waals surface area contributed by atoms with E-state index in [9.17, 15) is 4.79 Å². The minimum absolute atomic E-state index is 0.0323. The SMILES string of the molecule is CCC[C@H](N)C(=O)NCCN1CCOCC1. The van der Waals surface area contributed by atoms with E-state index in [4.69, 9.17) is 10.5 Å². The van der Waals surface area contributed by atoms with Crippen molar-refractivity contribution in [3.63, 3.8) is 0 Å². The second-order valence-corrected chi connectivity index (χ2v) is 4.14. The number of hydrogen-bond donors (Lipinski definition) is 2. The van der Waals surface area contributed by atoms with Crippen molar-refractivity contribution in [3.05, 3.63) is 0 Å². The van der Waals surface area contributed by atoms with E-state index in [1.165, 1.54) is 0 Å². The molecule has 5 heteroatoms. The molecule has 0 saturated carbocycles. The van der Waals surface area contributed by atoms with Gasteiger partial charge in [0.25, 0.3) is 0 Å². The smallest absolute Gasteiger partial charge is 0.236 e. The van der Waals surface area contributed by atoms with Crippen molar-refractivity contribution in [2.75, 3.05) is 39.4 Å². The molecular weight excluding hydrogens is 206 g/mol. The van der Waals surface area contributed by atoms with Gasteiger partial charge in [0.1, 0.15) is 0 Å². The summed E-state index contributed by atoms with van der Waals surface area (Å²) < 4.78 is 5.25. The molecule has 1 fully saturated rings. The minimum Gasteiger partial charge on any atom is -0.379 e. The highest BCUT2D eigenvalue weighted by Gasteiger charge is 2.13. The van der Waals surface area contributed by atoms with Gasteiger partial charge in [0.15, 0.2) is 0 Å². The van der Waals surface area contributed by atoms with Crippen LogP contribution in [-0.4, -0.2) is 56.2 Å². The van der Waals surface area contributed by atoms with Gasteiger partial charge < -0.3 is 15.8 Å². The summed E-state index contributed by atoms with van der Waals surface area (Å²) in [4.78, 5) is 13.8. The fourth-order valence-electron chi connectivity index (χ4n) is 1.74. The third-order valence-corrected chi connectivity index (χ3v) is 2.77. The Morgan fingerprint density at radius 3 is 2.81 bits per heavy atom. The molecule has 0 spiro atoms. The zero-order valence-corrected chi connectivity index (χ0v) is 10.1. The van der Waals surface area contributed by atoms with Crippen LogP contribution in [0.3, 0.4) is 0 Å².